The van der Waals surface area contributed by atoms with Crippen molar-refractivity contribution in [2.45, 2.75) is 50.1 Å². The standard InChI is InChI=1S/C13H23N5OS/c1-4-14-11-15-12(18-7-5-6-8-18)17-13(16-11)20-10(3)9(2)19/h9-10,19H,4-8H2,1-3H3,(H,14,15,16,17). The molecule has 1 aliphatic heterocycles. The average molecular weight is 297 g/mol. The number of aliphatic hydroxyl groups excluding tert-OH is 1. The Morgan fingerprint density at radius 2 is 1.95 bits per heavy atom. The number of nitrogens with one attached hydrogen (secondary N) is 1. The second-order valence-electron chi connectivity index (χ2n) is 5.03. The zero-order valence-electron chi connectivity index (χ0n) is 12.3. The van der Waals surface area contributed by atoms with Gasteiger partial charge in [-0.2, -0.15) is 15.0 Å². The Morgan fingerprint density at radius 3 is 2.55 bits per heavy atom. The van der Waals surface area contributed by atoms with Gasteiger partial charge in [0.1, 0.15) is 0 Å². The van der Waals surface area contributed by atoms with E-state index in [4.69, 9.17) is 0 Å². The molecule has 2 unspecified atom stereocenters. The molecule has 2 N–H and O–H groups in total. The van der Waals surface area contributed by atoms with Crippen molar-refractivity contribution < 1.29 is 5.11 Å². The molecule has 6 nitrogen and oxygen atoms in total. The predicted octanol–water partition coefficient (Wildman–Crippen LogP) is 1.76. The fourth-order valence-electron chi connectivity index (χ4n) is 1.96. The minimum absolute atomic E-state index is 0.0540. The van der Waals surface area contributed by atoms with E-state index in [-0.39, 0.29) is 5.25 Å². The van der Waals surface area contributed by atoms with Crippen molar-refractivity contribution in [2.75, 3.05) is 29.9 Å². The molecule has 2 rings (SSSR count). The van der Waals surface area contributed by atoms with Gasteiger partial charge in [0.25, 0.3) is 0 Å². The molecular formula is C13H23N5OS. The van der Waals surface area contributed by atoms with Gasteiger partial charge >= 0.3 is 0 Å². The van der Waals surface area contributed by atoms with Crippen molar-refractivity contribution in [3.63, 3.8) is 0 Å². The van der Waals surface area contributed by atoms with Crippen molar-refractivity contribution in [2.24, 2.45) is 0 Å². The first kappa shape index (κ1) is 15.3. The summed E-state index contributed by atoms with van der Waals surface area (Å²) in [4.78, 5) is 15.6. The molecule has 0 aliphatic carbocycles. The summed E-state index contributed by atoms with van der Waals surface area (Å²) in [5.41, 5.74) is 0. The van der Waals surface area contributed by atoms with E-state index in [1.165, 1.54) is 24.6 Å². The van der Waals surface area contributed by atoms with E-state index >= 15 is 0 Å². The Hall–Kier alpha value is -1.08. The average Bonchev–Trinajstić information content (AvgIpc) is 2.92. The molecule has 0 bridgehead atoms. The minimum atomic E-state index is -0.394. The maximum atomic E-state index is 9.62. The van der Waals surface area contributed by atoms with E-state index in [2.05, 4.69) is 25.2 Å². The fraction of sp³-hybridized carbons (Fsp3) is 0.769. The van der Waals surface area contributed by atoms with Gasteiger partial charge in [0, 0.05) is 24.9 Å². The molecule has 0 spiro atoms. The topological polar surface area (TPSA) is 74.2 Å². The smallest absolute Gasteiger partial charge is 0.231 e. The van der Waals surface area contributed by atoms with Gasteiger partial charge in [-0.1, -0.05) is 18.7 Å². The van der Waals surface area contributed by atoms with E-state index in [1.54, 1.807) is 6.92 Å². The predicted molar refractivity (Wildman–Crippen MR) is 82.4 cm³/mol. The van der Waals surface area contributed by atoms with Gasteiger partial charge < -0.3 is 15.3 Å². The third-order valence-electron chi connectivity index (χ3n) is 3.30. The van der Waals surface area contributed by atoms with Crippen LogP contribution in [-0.2, 0) is 0 Å². The summed E-state index contributed by atoms with van der Waals surface area (Å²) in [6, 6.07) is 0. The molecule has 1 aliphatic rings. The number of aromatic nitrogens is 3. The summed E-state index contributed by atoms with van der Waals surface area (Å²) in [6.45, 7) is 8.56. The van der Waals surface area contributed by atoms with Crippen LogP contribution in [0.4, 0.5) is 11.9 Å². The fourth-order valence-corrected chi connectivity index (χ4v) is 2.76. The molecular weight excluding hydrogens is 274 g/mol. The van der Waals surface area contributed by atoms with Gasteiger partial charge in [-0.25, -0.2) is 0 Å². The van der Waals surface area contributed by atoms with Crippen molar-refractivity contribution in [3.8, 4) is 0 Å². The Bertz CT molecular complexity index is 437. The number of hydrogen-bond acceptors (Lipinski definition) is 7. The maximum Gasteiger partial charge on any atom is 0.231 e. The van der Waals surface area contributed by atoms with Gasteiger partial charge in [0.15, 0.2) is 5.16 Å². The number of nitrogens with zero attached hydrogens (tertiary/aromatic N) is 4. The van der Waals surface area contributed by atoms with Crippen molar-refractivity contribution in [1.29, 1.82) is 0 Å². The van der Waals surface area contributed by atoms with Crippen LogP contribution in [0.5, 0.6) is 0 Å². The van der Waals surface area contributed by atoms with Crippen LogP contribution in [-0.4, -0.2) is 51.0 Å². The van der Waals surface area contributed by atoms with Crippen LogP contribution in [0.15, 0.2) is 5.16 Å². The number of anilines is 2. The summed E-state index contributed by atoms with van der Waals surface area (Å²) in [5.74, 6) is 1.36. The Labute approximate surface area is 124 Å². The van der Waals surface area contributed by atoms with Crippen molar-refractivity contribution >= 4 is 23.7 Å². The SMILES string of the molecule is CCNc1nc(SC(C)C(C)O)nc(N2CCCC2)n1. The van der Waals surface area contributed by atoms with Gasteiger partial charge in [-0.05, 0) is 26.7 Å². The molecule has 0 saturated carbocycles. The summed E-state index contributed by atoms with van der Waals surface area (Å²) in [5, 5.41) is 13.5. The van der Waals surface area contributed by atoms with E-state index < -0.39 is 6.10 Å². The zero-order chi connectivity index (χ0) is 14.5. The number of hydrogen-bond donors (Lipinski definition) is 2. The van der Waals surface area contributed by atoms with Crippen molar-refractivity contribution in [1.82, 2.24) is 15.0 Å². The Balaban J connectivity index is 2.20. The first-order valence-corrected chi connectivity index (χ1v) is 8.07. The summed E-state index contributed by atoms with van der Waals surface area (Å²) < 4.78 is 0. The van der Waals surface area contributed by atoms with E-state index in [0.717, 1.165) is 25.6 Å². The molecule has 2 atom stereocenters. The van der Waals surface area contributed by atoms with Crippen LogP contribution >= 0.6 is 11.8 Å². The molecule has 20 heavy (non-hydrogen) atoms. The third-order valence-corrected chi connectivity index (χ3v) is 4.46. The van der Waals surface area contributed by atoms with Crippen LogP contribution in [0.2, 0.25) is 0 Å². The van der Waals surface area contributed by atoms with Gasteiger partial charge in [-0.15, -0.1) is 0 Å². The van der Waals surface area contributed by atoms with E-state index in [0.29, 0.717) is 11.1 Å². The third kappa shape index (κ3) is 3.96. The molecule has 1 saturated heterocycles. The lowest BCUT2D eigenvalue weighted by Gasteiger charge is -2.18. The van der Waals surface area contributed by atoms with Crippen LogP contribution in [0, 0.1) is 0 Å². The molecule has 2 heterocycles. The lowest BCUT2D eigenvalue weighted by molar-refractivity contribution is 0.196. The highest BCUT2D eigenvalue weighted by Crippen LogP contribution is 2.25. The maximum absolute atomic E-state index is 9.62. The molecule has 112 valence electrons. The summed E-state index contributed by atoms with van der Waals surface area (Å²) in [6.07, 6.45) is 1.98. The van der Waals surface area contributed by atoms with Gasteiger partial charge in [-0.3, -0.25) is 0 Å². The second-order valence-corrected chi connectivity index (χ2v) is 6.37. The zero-order valence-corrected chi connectivity index (χ0v) is 13.2. The van der Waals surface area contributed by atoms with Crippen LogP contribution in [0.3, 0.4) is 0 Å². The second kappa shape index (κ2) is 7.08. The highest BCUT2D eigenvalue weighted by atomic mass is 32.2. The first-order chi connectivity index (χ1) is 9.60. The summed E-state index contributed by atoms with van der Waals surface area (Å²) >= 11 is 1.49. The Morgan fingerprint density at radius 1 is 1.25 bits per heavy atom. The Kier molecular flexibility index (Phi) is 5.42. The number of thioether (sulfide) groups is 1. The molecule has 0 radical (unpaired) electrons. The summed E-state index contributed by atoms with van der Waals surface area (Å²) in [7, 11) is 0. The van der Waals surface area contributed by atoms with Crippen LogP contribution < -0.4 is 10.2 Å². The van der Waals surface area contributed by atoms with Crippen molar-refractivity contribution in [3.05, 3.63) is 0 Å². The molecule has 0 aromatic carbocycles. The molecule has 0 amide bonds. The lowest BCUT2D eigenvalue weighted by Crippen LogP contribution is -2.22. The van der Waals surface area contributed by atoms with Gasteiger partial charge in [0.05, 0.1) is 6.10 Å². The highest BCUT2D eigenvalue weighted by molar-refractivity contribution is 7.99. The van der Waals surface area contributed by atoms with Crippen LogP contribution in [0.1, 0.15) is 33.6 Å². The molecule has 1 aromatic rings. The molecule has 1 aromatic heterocycles. The quantitative estimate of drug-likeness (QED) is 0.775. The first-order valence-electron chi connectivity index (χ1n) is 7.19. The lowest BCUT2D eigenvalue weighted by atomic mass is 10.3. The molecule has 1 fully saturated rings. The molecule has 7 heteroatoms. The minimum Gasteiger partial charge on any atom is -0.392 e. The van der Waals surface area contributed by atoms with Crippen LogP contribution in [0.25, 0.3) is 0 Å². The number of rotatable bonds is 6. The normalized spacial score (nSPS) is 18.1. The van der Waals surface area contributed by atoms with E-state index in [1.807, 2.05) is 13.8 Å². The monoisotopic (exact) mass is 297 g/mol. The highest BCUT2D eigenvalue weighted by Gasteiger charge is 2.19. The van der Waals surface area contributed by atoms with Gasteiger partial charge in [0.2, 0.25) is 11.9 Å². The largest absolute Gasteiger partial charge is 0.392 e. The number of aliphatic hydroxyl groups is 1. The van der Waals surface area contributed by atoms with E-state index in [9.17, 15) is 5.11 Å².